The lowest BCUT2D eigenvalue weighted by molar-refractivity contribution is 0.568. The molecule has 0 saturated heterocycles. The lowest BCUT2D eigenvalue weighted by atomic mass is 10.0. The zero-order valence-corrected chi connectivity index (χ0v) is 18.5. The number of hydrogen-bond acceptors (Lipinski definition) is 2. The van der Waals surface area contributed by atoms with Crippen molar-refractivity contribution in [3.63, 3.8) is 0 Å². The second-order valence-corrected chi connectivity index (χ2v) is 8.64. The highest BCUT2D eigenvalue weighted by Crippen LogP contribution is 2.40. The largest absolute Gasteiger partial charge is 0.359 e. The van der Waals surface area contributed by atoms with Gasteiger partial charge in [-0.05, 0) is 89.1 Å². The van der Waals surface area contributed by atoms with Crippen molar-refractivity contribution >= 4 is 5.69 Å². The van der Waals surface area contributed by atoms with Crippen LogP contribution in [0.2, 0.25) is 0 Å². The van der Waals surface area contributed by atoms with Crippen molar-refractivity contribution in [2.75, 3.05) is 5.32 Å². The van der Waals surface area contributed by atoms with Crippen molar-refractivity contribution in [2.45, 2.75) is 47.7 Å². The molecule has 0 bridgehead atoms. The molecule has 0 spiro atoms. The van der Waals surface area contributed by atoms with Gasteiger partial charge in [-0.1, -0.05) is 17.7 Å². The summed E-state index contributed by atoms with van der Waals surface area (Å²) in [6, 6.07) is 17.8. The molecule has 1 aliphatic heterocycles. The van der Waals surface area contributed by atoms with Gasteiger partial charge in [0.25, 0.3) is 0 Å². The fourth-order valence-corrected chi connectivity index (χ4v) is 4.65. The Kier molecular flexibility index (Phi) is 4.14. The number of rotatable bonds is 2. The molecule has 1 aliphatic rings. The number of aromatic nitrogens is 3. The molecule has 1 unspecified atom stereocenters. The van der Waals surface area contributed by atoms with Crippen LogP contribution in [-0.4, -0.2) is 14.3 Å². The Labute approximate surface area is 178 Å². The van der Waals surface area contributed by atoms with E-state index in [0.717, 1.165) is 11.4 Å². The van der Waals surface area contributed by atoms with Crippen LogP contribution in [0.25, 0.3) is 16.9 Å². The molecule has 152 valence electrons. The van der Waals surface area contributed by atoms with E-state index in [0.29, 0.717) is 0 Å². The van der Waals surface area contributed by atoms with E-state index in [9.17, 15) is 0 Å². The Hall–Kier alpha value is -3.27. The summed E-state index contributed by atoms with van der Waals surface area (Å²) in [4.78, 5) is 0. The van der Waals surface area contributed by atoms with Gasteiger partial charge < -0.3 is 9.88 Å². The maximum absolute atomic E-state index is 4.86. The Morgan fingerprint density at radius 2 is 1.63 bits per heavy atom. The van der Waals surface area contributed by atoms with Gasteiger partial charge in [-0.25, -0.2) is 4.68 Å². The second kappa shape index (κ2) is 6.63. The minimum absolute atomic E-state index is 0.0320. The zero-order chi connectivity index (χ0) is 21.2. The summed E-state index contributed by atoms with van der Waals surface area (Å²) in [5.74, 6) is 0. The topological polar surface area (TPSA) is 34.8 Å². The summed E-state index contributed by atoms with van der Waals surface area (Å²) < 4.78 is 4.49. The average Bonchev–Trinajstić information content (AvgIpc) is 3.23. The van der Waals surface area contributed by atoms with E-state index < -0.39 is 0 Å². The molecule has 4 nitrogen and oxygen atoms in total. The monoisotopic (exact) mass is 396 g/mol. The van der Waals surface area contributed by atoms with Gasteiger partial charge in [0, 0.05) is 33.9 Å². The Bertz CT molecular complexity index is 1290. The van der Waals surface area contributed by atoms with Gasteiger partial charge in [0.15, 0.2) is 0 Å². The van der Waals surface area contributed by atoms with Crippen LogP contribution in [-0.2, 0) is 0 Å². The third-order valence-electron chi connectivity index (χ3n) is 6.36. The summed E-state index contributed by atoms with van der Waals surface area (Å²) in [7, 11) is 0. The number of nitrogens with one attached hydrogen (secondary N) is 1. The lowest BCUT2D eigenvalue weighted by Crippen LogP contribution is -2.26. The van der Waals surface area contributed by atoms with Crippen molar-refractivity contribution < 1.29 is 0 Å². The van der Waals surface area contributed by atoms with E-state index in [-0.39, 0.29) is 6.17 Å². The molecule has 2 aromatic heterocycles. The number of anilines is 1. The van der Waals surface area contributed by atoms with Crippen LogP contribution < -0.4 is 5.32 Å². The fourth-order valence-electron chi connectivity index (χ4n) is 4.65. The molecule has 5 rings (SSSR count). The van der Waals surface area contributed by atoms with E-state index in [1.807, 2.05) is 0 Å². The van der Waals surface area contributed by atoms with Crippen LogP contribution in [0.15, 0.2) is 48.5 Å². The van der Waals surface area contributed by atoms with Crippen molar-refractivity contribution in [3.8, 4) is 16.9 Å². The van der Waals surface area contributed by atoms with Crippen LogP contribution in [0.5, 0.6) is 0 Å². The maximum Gasteiger partial charge on any atom is 0.149 e. The van der Waals surface area contributed by atoms with Crippen LogP contribution >= 0.6 is 0 Å². The summed E-state index contributed by atoms with van der Waals surface area (Å²) in [6.07, 6.45) is -0.0320. The van der Waals surface area contributed by atoms with Crippen LogP contribution in [0.3, 0.4) is 0 Å². The first-order chi connectivity index (χ1) is 14.3. The smallest absolute Gasteiger partial charge is 0.149 e. The quantitative estimate of drug-likeness (QED) is 0.440. The van der Waals surface area contributed by atoms with Gasteiger partial charge in [-0.3, -0.25) is 0 Å². The number of hydrogen-bond donors (Lipinski definition) is 1. The van der Waals surface area contributed by atoms with Gasteiger partial charge in [0.1, 0.15) is 6.17 Å². The molecule has 0 aliphatic carbocycles. The first-order valence-electron chi connectivity index (χ1n) is 10.5. The van der Waals surface area contributed by atoms with E-state index in [1.54, 1.807) is 0 Å². The van der Waals surface area contributed by atoms with Gasteiger partial charge in [-0.2, -0.15) is 5.10 Å². The predicted molar refractivity (Wildman–Crippen MR) is 124 cm³/mol. The van der Waals surface area contributed by atoms with Crippen molar-refractivity contribution in [3.05, 3.63) is 87.9 Å². The SMILES string of the molecule is Cc1ccc2c(c1)-c1cc(C)nn1C(c1cc(C)n(-c3ccc(C)c(C)c3)c1C)N2. The Balaban J connectivity index is 1.66. The Morgan fingerprint density at radius 3 is 2.40 bits per heavy atom. The molecule has 0 amide bonds. The molecule has 4 heteroatoms. The molecule has 1 N–H and O–H groups in total. The van der Waals surface area contributed by atoms with Gasteiger partial charge in [-0.15, -0.1) is 0 Å². The summed E-state index contributed by atoms with van der Waals surface area (Å²) in [5, 5.41) is 8.61. The summed E-state index contributed by atoms with van der Waals surface area (Å²) >= 11 is 0. The number of aryl methyl sites for hydroxylation is 5. The highest BCUT2D eigenvalue weighted by Gasteiger charge is 2.29. The standard InChI is InChI=1S/C26H28N4/c1-15-7-10-24-23(11-15)25-13-18(4)28-30(25)26(27-24)22-14-19(5)29(20(22)6)21-9-8-16(2)17(3)12-21/h7-14,26-27H,1-6H3. The minimum atomic E-state index is -0.0320. The molecule has 0 saturated carbocycles. The molecular formula is C26H28N4. The summed E-state index contributed by atoms with van der Waals surface area (Å²) in [5.41, 5.74) is 13.4. The molecular weight excluding hydrogens is 368 g/mol. The number of nitrogens with zero attached hydrogens (tertiary/aromatic N) is 3. The molecule has 3 heterocycles. The molecule has 2 aromatic carbocycles. The van der Waals surface area contributed by atoms with Crippen LogP contribution in [0.4, 0.5) is 5.69 Å². The van der Waals surface area contributed by atoms with Crippen LogP contribution in [0.1, 0.15) is 45.5 Å². The lowest BCUT2D eigenvalue weighted by Gasteiger charge is -2.29. The van der Waals surface area contributed by atoms with Crippen LogP contribution in [0, 0.1) is 41.5 Å². The first-order valence-corrected chi connectivity index (χ1v) is 10.5. The first kappa shape index (κ1) is 18.7. The number of fused-ring (bicyclic) bond motifs is 3. The minimum Gasteiger partial charge on any atom is -0.359 e. The highest BCUT2D eigenvalue weighted by atomic mass is 15.4. The predicted octanol–water partition coefficient (Wildman–Crippen LogP) is 6.16. The molecule has 1 atom stereocenters. The molecule has 30 heavy (non-hydrogen) atoms. The average molecular weight is 397 g/mol. The molecule has 4 aromatic rings. The maximum atomic E-state index is 4.86. The van der Waals surface area contributed by atoms with Crippen molar-refractivity contribution in [2.24, 2.45) is 0 Å². The van der Waals surface area contributed by atoms with Gasteiger partial charge in [0.05, 0.1) is 11.4 Å². The van der Waals surface area contributed by atoms with E-state index in [1.165, 1.54) is 50.6 Å². The third-order valence-corrected chi connectivity index (χ3v) is 6.36. The fraction of sp³-hybridized carbons (Fsp3) is 0.269. The zero-order valence-electron chi connectivity index (χ0n) is 18.5. The molecule has 0 radical (unpaired) electrons. The van der Waals surface area contributed by atoms with Gasteiger partial charge >= 0.3 is 0 Å². The van der Waals surface area contributed by atoms with Gasteiger partial charge in [0.2, 0.25) is 0 Å². The summed E-state index contributed by atoms with van der Waals surface area (Å²) in [6.45, 7) is 12.9. The highest BCUT2D eigenvalue weighted by molar-refractivity contribution is 5.79. The third kappa shape index (κ3) is 2.78. The Morgan fingerprint density at radius 1 is 0.833 bits per heavy atom. The van der Waals surface area contributed by atoms with Crippen molar-refractivity contribution in [1.82, 2.24) is 14.3 Å². The van der Waals surface area contributed by atoms with Crippen molar-refractivity contribution in [1.29, 1.82) is 0 Å². The molecule has 0 fully saturated rings. The van der Waals surface area contributed by atoms with E-state index in [4.69, 9.17) is 5.10 Å². The van der Waals surface area contributed by atoms with E-state index in [2.05, 4.69) is 105 Å². The second-order valence-electron chi connectivity index (χ2n) is 8.64. The van der Waals surface area contributed by atoms with E-state index >= 15 is 0 Å². The normalized spacial score (nSPS) is 14.9. The number of benzene rings is 2.